The Balaban J connectivity index is 2.11. The highest BCUT2D eigenvalue weighted by Gasteiger charge is 2.24. The van der Waals surface area contributed by atoms with Gasteiger partial charge < -0.3 is 10.6 Å². The van der Waals surface area contributed by atoms with Crippen molar-refractivity contribution in [2.24, 2.45) is 10.8 Å². The minimum atomic E-state index is 0.109. The molecular weight excluding hydrogens is 268 g/mol. The van der Waals surface area contributed by atoms with E-state index in [9.17, 15) is 0 Å². The van der Waals surface area contributed by atoms with Crippen molar-refractivity contribution in [1.82, 2.24) is 0 Å². The van der Waals surface area contributed by atoms with E-state index in [1.54, 1.807) is 0 Å². The van der Waals surface area contributed by atoms with Gasteiger partial charge in [-0.3, -0.25) is 0 Å². The van der Waals surface area contributed by atoms with Crippen LogP contribution in [0.4, 0.5) is 11.4 Å². The molecule has 0 amide bonds. The zero-order valence-electron chi connectivity index (χ0n) is 14.5. The summed E-state index contributed by atoms with van der Waals surface area (Å²) in [6, 6.07) is 4.37. The van der Waals surface area contributed by atoms with E-state index >= 15 is 0 Å². The standard InChI is InChI=1S/C20H26N2/c1-19(2,3)15-11-9-13-7-8-14-10-12-16(20(4,5)6)22-18(14)17(13)21-15/h7-12,21-22H,1-6H3. The molecule has 2 nitrogen and oxygen atoms in total. The molecule has 0 atom stereocenters. The van der Waals surface area contributed by atoms with Gasteiger partial charge in [0.15, 0.2) is 0 Å². The fraction of sp³-hybridized carbons (Fsp3) is 0.400. The molecule has 0 bridgehead atoms. The molecule has 116 valence electrons. The second kappa shape index (κ2) is 4.77. The third-order valence-electron chi connectivity index (χ3n) is 4.26. The summed E-state index contributed by atoms with van der Waals surface area (Å²) in [5.41, 5.74) is 5.10. The van der Waals surface area contributed by atoms with E-state index in [-0.39, 0.29) is 10.8 Å². The first-order valence-corrected chi connectivity index (χ1v) is 7.98. The van der Waals surface area contributed by atoms with Crippen LogP contribution in [0.5, 0.6) is 0 Å². The number of rotatable bonds is 0. The molecule has 0 fully saturated rings. The lowest BCUT2D eigenvalue weighted by atomic mass is 9.88. The number of fused-ring (bicyclic) bond motifs is 3. The van der Waals surface area contributed by atoms with Crippen molar-refractivity contribution < 1.29 is 0 Å². The van der Waals surface area contributed by atoms with Gasteiger partial charge in [-0.25, -0.2) is 0 Å². The quantitative estimate of drug-likeness (QED) is 0.757. The van der Waals surface area contributed by atoms with E-state index in [2.05, 4.69) is 88.6 Å². The van der Waals surface area contributed by atoms with Crippen molar-refractivity contribution in [2.45, 2.75) is 41.5 Å². The van der Waals surface area contributed by atoms with Crippen molar-refractivity contribution in [3.05, 3.63) is 46.1 Å². The molecule has 0 aromatic heterocycles. The zero-order chi connectivity index (χ0) is 16.1. The van der Waals surface area contributed by atoms with E-state index < -0.39 is 0 Å². The monoisotopic (exact) mass is 294 g/mol. The van der Waals surface area contributed by atoms with Gasteiger partial charge in [0.1, 0.15) is 0 Å². The molecule has 0 saturated heterocycles. The lowest BCUT2D eigenvalue weighted by Crippen LogP contribution is -2.30. The largest absolute Gasteiger partial charge is 0.356 e. The third-order valence-corrected chi connectivity index (χ3v) is 4.26. The second-order valence-corrected chi connectivity index (χ2v) is 8.24. The first kappa shape index (κ1) is 15.0. The van der Waals surface area contributed by atoms with Crippen LogP contribution in [0, 0.1) is 10.8 Å². The van der Waals surface area contributed by atoms with Gasteiger partial charge in [0.05, 0.1) is 11.4 Å². The Morgan fingerprint density at radius 1 is 0.591 bits per heavy atom. The molecule has 1 aromatic rings. The summed E-state index contributed by atoms with van der Waals surface area (Å²) in [4.78, 5) is 0. The summed E-state index contributed by atoms with van der Waals surface area (Å²) in [6.45, 7) is 13.4. The predicted octanol–water partition coefficient (Wildman–Crippen LogP) is 3.96. The minimum absolute atomic E-state index is 0.109. The number of nitrogens with one attached hydrogen (secondary N) is 2. The highest BCUT2D eigenvalue weighted by Crippen LogP contribution is 2.33. The third kappa shape index (κ3) is 2.58. The minimum Gasteiger partial charge on any atom is -0.356 e. The van der Waals surface area contributed by atoms with Gasteiger partial charge in [0.2, 0.25) is 0 Å². The summed E-state index contributed by atoms with van der Waals surface area (Å²) < 4.78 is 0. The average Bonchev–Trinajstić information content (AvgIpc) is 2.44. The number of benzene rings is 1. The fourth-order valence-electron chi connectivity index (χ4n) is 2.76. The molecule has 0 spiro atoms. The van der Waals surface area contributed by atoms with E-state index in [1.165, 1.54) is 33.2 Å². The topological polar surface area (TPSA) is 24.1 Å². The molecule has 0 aliphatic carbocycles. The Hall–Kier alpha value is -1.96. The van der Waals surface area contributed by atoms with Crippen LogP contribution in [-0.2, 0) is 0 Å². The molecule has 0 saturated carbocycles. The van der Waals surface area contributed by atoms with Crippen LogP contribution in [0.2, 0.25) is 0 Å². The second-order valence-electron chi connectivity index (χ2n) is 8.24. The predicted molar refractivity (Wildman–Crippen MR) is 96.9 cm³/mol. The summed E-state index contributed by atoms with van der Waals surface area (Å²) in [5, 5.41) is 9.79. The summed E-state index contributed by atoms with van der Waals surface area (Å²) in [5.74, 6) is 0. The van der Waals surface area contributed by atoms with Gasteiger partial charge in [-0.2, -0.15) is 0 Å². The highest BCUT2D eigenvalue weighted by atomic mass is 15.0. The molecule has 22 heavy (non-hydrogen) atoms. The SMILES string of the molecule is CC(C)(C)C1=CC=c2ccc3c(c2N1)NC(C(C)(C)C)=CC=3. The first-order valence-electron chi connectivity index (χ1n) is 7.98. The fourth-order valence-corrected chi connectivity index (χ4v) is 2.76. The number of allylic oxidation sites excluding steroid dienone is 4. The normalized spacial score (nSPS) is 16.8. The molecule has 3 rings (SSSR count). The molecule has 0 radical (unpaired) electrons. The maximum atomic E-state index is 3.66. The number of hydrogen-bond acceptors (Lipinski definition) is 2. The lowest BCUT2D eigenvalue weighted by Gasteiger charge is -2.31. The molecule has 1 aromatic carbocycles. The average molecular weight is 294 g/mol. The highest BCUT2D eigenvalue weighted by molar-refractivity contribution is 5.80. The van der Waals surface area contributed by atoms with Gasteiger partial charge >= 0.3 is 0 Å². The maximum absolute atomic E-state index is 3.66. The van der Waals surface area contributed by atoms with Crippen molar-refractivity contribution in [3.63, 3.8) is 0 Å². The molecule has 2 N–H and O–H groups in total. The molecular formula is C20H26N2. The number of hydrogen-bond donors (Lipinski definition) is 2. The number of anilines is 2. The molecule has 2 aliphatic rings. The van der Waals surface area contributed by atoms with Crippen LogP contribution in [0.3, 0.4) is 0 Å². The maximum Gasteiger partial charge on any atom is 0.0700 e. The smallest absolute Gasteiger partial charge is 0.0700 e. The summed E-state index contributed by atoms with van der Waals surface area (Å²) in [7, 11) is 0. The Labute approximate surface area is 133 Å². The van der Waals surface area contributed by atoms with Crippen LogP contribution in [0.1, 0.15) is 41.5 Å². The van der Waals surface area contributed by atoms with E-state index in [0.29, 0.717) is 0 Å². The Morgan fingerprint density at radius 3 is 1.27 bits per heavy atom. The van der Waals surface area contributed by atoms with Gasteiger partial charge in [-0.05, 0) is 12.2 Å². The molecule has 2 aliphatic heterocycles. The summed E-state index contributed by atoms with van der Waals surface area (Å²) >= 11 is 0. The van der Waals surface area contributed by atoms with Gasteiger partial charge in [0.25, 0.3) is 0 Å². The van der Waals surface area contributed by atoms with Crippen molar-refractivity contribution in [2.75, 3.05) is 10.6 Å². The summed E-state index contributed by atoms with van der Waals surface area (Å²) in [6.07, 6.45) is 8.82. The van der Waals surface area contributed by atoms with Crippen LogP contribution in [-0.4, -0.2) is 0 Å². The van der Waals surface area contributed by atoms with Crippen molar-refractivity contribution in [1.29, 1.82) is 0 Å². The molecule has 2 heteroatoms. The van der Waals surface area contributed by atoms with Crippen LogP contribution in [0.15, 0.2) is 35.7 Å². The van der Waals surface area contributed by atoms with E-state index in [0.717, 1.165) is 0 Å². The Morgan fingerprint density at radius 2 is 0.955 bits per heavy atom. The first-order chi connectivity index (χ1) is 10.2. The van der Waals surface area contributed by atoms with E-state index in [4.69, 9.17) is 0 Å². The van der Waals surface area contributed by atoms with Gasteiger partial charge in [0, 0.05) is 32.7 Å². The van der Waals surface area contributed by atoms with Crippen LogP contribution >= 0.6 is 0 Å². The Bertz CT molecular complexity index is 725. The molecule has 2 heterocycles. The zero-order valence-corrected chi connectivity index (χ0v) is 14.5. The van der Waals surface area contributed by atoms with Crippen molar-refractivity contribution >= 4 is 23.5 Å². The van der Waals surface area contributed by atoms with Crippen molar-refractivity contribution in [3.8, 4) is 0 Å². The molecule has 0 unspecified atom stereocenters. The lowest BCUT2D eigenvalue weighted by molar-refractivity contribution is 0.505. The van der Waals surface area contributed by atoms with Crippen LogP contribution in [0.25, 0.3) is 12.2 Å². The van der Waals surface area contributed by atoms with Gasteiger partial charge in [-0.1, -0.05) is 65.8 Å². The van der Waals surface area contributed by atoms with Crippen LogP contribution < -0.4 is 21.1 Å². The Kier molecular flexibility index (Phi) is 3.24. The van der Waals surface area contributed by atoms with E-state index in [1.807, 2.05) is 0 Å². The van der Waals surface area contributed by atoms with Gasteiger partial charge in [-0.15, -0.1) is 0 Å².